The number of rotatable bonds is 6. The van der Waals surface area contributed by atoms with Crippen molar-refractivity contribution < 1.29 is 5.11 Å². The van der Waals surface area contributed by atoms with Gasteiger partial charge in [-0.15, -0.1) is 0 Å². The molecule has 15 heavy (non-hydrogen) atoms. The molecule has 1 saturated carbocycles. The first kappa shape index (κ1) is 11.4. The van der Waals surface area contributed by atoms with Crippen LogP contribution in [0.15, 0.2) is 0 Å². The van der Waals surface area contributed by atoms with Crippen LogP contribution in [0.3, 0.4) is 0 Å². The third-order valence-electron chi connectivity index (χ3n) is 3.64. The summed E-state index contributed by atoms with van der Waals surface area (Å²) < 4.78 is 0. The minimum Gasteiger partial charge on any atom is -0.390 e. The summed E-state index contributed by atoms with van der Waals surface area (Å²) in [5, 5.41) is 13.2. The molecule has 3 nitrogen and oxygen atoms in total. The SMILES string of the molecule is CCC1CCN(CC(O)CNC2CC2)C1. The predicted octanol–water partition coefficient (Wildman–Crippen LogP) is 0.831. The first-order valence-corrected chi connectivity index (χ1v) is 6.41. The van der Waals surface area contributed by atoms with Crippen LogP contribution in [-0.4, -0.2) is 48.3 Å². The van der Waals surface area contributed by atoms with Gasteiger partial charge in [-0.2, -0.15) is 0 Å². The Bertz CT molecular complexity index is 194. The minimum absolute atomic E-state index is 0.179. The van der Waals surface area contributed by atoms with Crippen LogP contribution in [0, 0.1) is 5.92 Å². The van der Waals surface area contributed by atoms with Crippen LogP contribution in [0.2, 0.25) is 0 Å². The summed E-state index contributed by atoms with van der Waals surface area (Å²) in [6.45, 7) is 6.27. The van der Waals surface area contributed by atoms with Gasteiger partial charge in [-0.05, 0) is 31.7 Å². The predicted molar refractivity (Wildman–Crippen MR) is 61.9 cm³/mol. The van der Waals surface area contributed by atoms with Crippen molar-refractivity contribution in [3.63, 3.8) is 0 Å². The fourth-order valence-corrected chi connectivity index (χ4v) is 2.36. The fourth-order valence-electron chi connectivity index (χ4n) is 2.36. The van der Waals surface area contributed by atoms with Gasteiger partial charge in [0.1, 0.15) is 0 Å². The molecule has 88 valence electrons. The summed E-state index contributed by atoms with van der Waals surface area (Å²) in [5.74, 6) is 0.869. The summed E-state index contributed by atoms with van der Waals surface area (Å²) in [5.41, 5.74) is 0. The molecule has 0 spiro atoms. The first-order chi connectivity index (χ1) is 7.28. The average Bonchev–Trinajstić information content (AvgIpc) is 2.96. The molecule has 0 aromatic carbocycles. The lowest BCUT2D eigenvalue weighted by Gasteiger charge is -2.20. The third-order valence-corrected chi connectivity index (χ3v) is 3.64. The van der Waals surface area contributed by atoms with E-state index >= 15 is 0 Å². The smallest absolute Gasteiger partial charge is 0.0791 e. The largest absolute Gasteiger partial charge is 0.390 e. The molecule has 0 aromatic rings. The van der Waals surface area contributed by atoms with E-state index in [4.69, 9.17) is 0 Å². The van der Waals surface area contributed by atoms with E-state index in [9.17, 15) is 5.11 Å². The second-order valence-corrected chi connectivity index (χ2v) is 5.16. The lowest BCUT2D eigenvalue weighted by Crippen LogP contribution is -2.38. The Kier molecular flexibility index (Phi) is 4.00. The summed E-state index contributed by atoms with van der Waals surface area (Å²) in [6, 6.07) is 0.710. The highest BCUT2D eigenvalue weighted by Gasteiger charge is 2.24. The highest BCUT2D eigenvalue weighted by atomic mass is 16.3. The molecule has 1 aliphatic heterocycles. The number of hydrogen-bond donors (Lipinski definition) is 2. The Hall–Kier alpha value is -0.120. The van der Waals surface area contributed by atoms with Crippen molar-refractivity contribution in [1.29, 1.82) is 0 Å². The van der Waals surface area contributed by atoms with Crippen LogP contribution in [0.25, 0.3) is 0 Å². The van der Waals surface area contributed by atoms with Crippen molar-refractivity contribution in [3.8, 4) is 0 Å². The fraction of sp³-hybridized carbons (Fsp3) is 1.00. The molecule has 0 aromatic heterocycles. The maximum absolute atomic E-state index is 9.84. The van der Waals surface area contributed by atoms with Crippen LogP contribution >= 0.6 is 0 Å². The van der Waals surface area contributed by atoms with E-state index in [1.807, 2.05) is 0 Å². The zero-order chi connectivity index (χ0) is 10.7. The van der Waals surface area contributed by atoms with E-state index in [2.05, 4.69) is 17.1 Å². The van der Waals surface area contributed by atoms with Gasteiger partial charge in [0.25, 0.3) is 0 Å². The van der Waals surface area contributed by atoms with E-state index in [1.165, 1.54) is 38.8 Å². The molecule has 3 heteroatoms. The average molecular weight is 212 g/mol. The van der Waals surface area contributed by atoms with Crippen molar-refractivity contribution in [2.24, 2.45) is 5.92 Å². The van der Waals surface area contributed by atoms with Crippen molar-refractivity contribution >= 4 is 0 Å². The van der Waals surface area contributed by atoms with E-state index in [1.54, 1.807) is 0 Å². The van der Waals surface area contributed by atoms with Gasteiger partial charge in [0.15, 0.2) is 0 Å². The summed E-state index contributed by atoms with van der Waals surface area (Å²) in [4.78, 5) is 2.41. The molecule has 2 atom stereocenters. The molecule has 2 N–H and O–H groups in total. The van der Waals surface area contributed by atoms with Crippen LogP contribution < -0.4 is 5.32 Å². The maximum Gasteiger partial charge on any atom is 0.0791 e. The van der Waals surface area contributed by atoms with Crippen LogP contribution in [0.1, 0.15) is 32.6 Å². The highest BCUT2D eigenvalue weighted by Crippen LogP contribution is 2.20. The molecule has 2 rings (SSSR count). The molecule has 0 bridgehead atoms. The van der Waals surface area contributed by atoms with Crippen molar-refractivity contribution in [2.45, 2.75) is 44.8 Å². The van der Waals surface area contributed by atoms with E-state index in [0.717, 1.165) is 19.0 Å². The number of aliphatic hydroxyl groups is 1. The molecule has 1 saturated heterocycles. The Morgan fingerprint density at radius 2 is 2.20 bits per heavy atom. The molecule has 1 aliphatic carbocycles. The van der Waals surface area contributed by atoms with Crippen molar-refractivity contribution in [2.75, 3.05) is 26.2 Å². The maximum atomic E-state index is 9.84. The molecule has 0 radical (unpaired) electrons. The van der Waals surface area contributed by atoms with Gasteiger partial charge in [0.05, 0.1) is 6.10 Å². The first-order valence-electron chi connectivity index (χ1n) is 6.41. The van der Waals surface area contributed by atoms with E-state index in [0.29, 0.717) is 6.04 Å². The lowest BCUT2D eigenvalue weighted by molar-refractivity contribution is 0.121. The Labute approximate surface area is 92.8 Å². The molecule has 2 aliphatic rings. The van der Waals surface area contributed by atoms with Gasteiger partial charge >= 0.3 is 0 Å². The molecule has 0 amide bonds. The Balaban J connectivity index is 1.58. The molecule has 2 fully saturated rings. The Morgan fingerprint density at radius 3 is 2.80 bits per heavy atom. The zero-order valence-electron chi connectivity index (χ0n) is 9.78. The number of nitrogens with zero attached hydrogens (tertiary/aromatic N) is 1. The van der Waals surface area contributed by atoms with Gasteiger partial charge in [0, 0.05) is 25.7 Å². The number of β-amino-alcohol motifs (C(OH)–C–C–N with tert-alkyl or cyclic N) is 1. The van der Waals surface area contributed by atoms with Gasteiger partial charge in [0.2, 0.25) is 0 Å². The lowest BCUT2D eigenvalue weighted by atomic mass is 10.1. The number of hydrogen-bond acceptors (Lipinski definition) is 3. The Morgan fingerprint density at radius 1 is 1.40 bits per heavy atom. The zero-order valence-corrected chi connectivity index (χ0v) is 9.78. The normalized spacial score (nSPS) is 29.6. The van der Waals surface area contributed by atoms with Gasteiger partial charge in [-0.1, -0.05) is 13.3 Å². The number of likely N-dealkylation sites (tertiary alicyclic amines) is 1. The van der Waals surface area contributed by atoms with Crippen LogP contribution in [0.4, 0.5) is 0 Å². The number of aliphatic hydroxyl groups excluding tert-OH is 1. The summed E-state index contributed by atoms with van der Waals surface area (Å²) >= 11 is 0. The van der Waals surface area contributed by atoms with Crippen molar-refractivity contribution in [1.82, 2.24) is 10.2 Å². The summed E-state index contributed by atoms with van der Waals surface area (Å²) in [6.07, 6.45) is 5.02. The van der Waals surface area contributed by atoms with Crippen molar-refractivity contribution in [3.05, 3.63) is 0 Å². The minimum atomic E-state index is -0.179. The number of nitrogens with one attached hydrogen (secondary N) is 1. The van der Waals surface area contributed by atoms with Crippen LogP contribution in [-0.2, 0) is 0 Å². The standard InChI is InChI=1S/C12H24N2O/c1-2-10-5-6-14(8-10)9-12(15)7-13-11-3-4-11/h10-13,15H,2-9H2,1H3. The third kappa shape index (κ3) is 3.74. The van der Waals surface area contributed by atoms with E-state index < -0.39 is 0 Å². The summed E-state index contributed by atoms with van der Waals surface area (Å²) in [7, 11) is 0. The van der Waals surface area contributed by atoms with Gasteiger partial charge in [-0.25, -0.2) is 0 Å². The second-order valence-electron chi connectivity index (χ2n) is 5.16. The van der Waals surface area contributed by atoms with Gasteiger partial charge < -0.3 is 15.3 Å². The van der Waals surface area contributed by atoms with Crippen LogP contribution in [0.5, 0.6) is 0 Å². The monoisotopic (exact) mass is 212 g/mol. The topological polar surface area (TPSA) is 35.5 Å². The van der Waals surface area contributed by atoms with Gasteiger partial charge in [-0.3, -0.25) is 0 Å². The highest BCUT2D eigenvalue weighted by molar-refractivity contribution is 4.83. The molecular formula is C12H24N2O. The quantitative estimate of drug-likeness (QED) is 0.684. The molecule has 2 unspecified atom stereocenters. The van der Waals surface area contributed by atoms with E-state index in [-0.39, 0.29) is 6.10 Å². The molecular weight excluding hydrogens is 188 g/mol. The second kappa shape index (κ2) is 5.28. The molecule has 1 heterocycles.